The minimum absolute atomic E-state index is 0.0779. The van der Waals surface area contributed by atoms with E-state index in [-0.39, 0.29) is 18.5 Å². The van der Waals surface area contributed by atoms with Crippen LogP contribution in [0.4, 0.5) is 4.79 Å². The zero-order chi connectivity index (χ0) is 12.8. The summed E-state index contributed by atoms with van der Waals surface area (Å²) in [7, 11) is 3.45. The largest absolute Gasteiger partial charge is 0.481 e. The molecule has 1 N–H and O–H groups in total. The van der Waals surface area contributed by atoms with E-state index < -0.39 is 5.97 Å². The number of amides is 2. The summed E-state index contributed by atoms with van der Waals surface area (Å²) in [5, 5.41) is 8.52. The summed E-state index contributed by atoms with van der Waals surface area (Å²) in [6.07, 6.45) is 1.44. The van der Waals surface area contributed by atoms with Crippen molar-refractivity contribution in [3.05, 3.63) is 0 Å². The van der Waals surface area contributed by atoms with Crippen LogP contribution in [0.5, 0.6) is 0 Å². The standard InChI is InChI=1S/C11H20N2O4/c1-12(6-3-4-10(14)15)11(16)13(2)9-5-7-17-8-9/h9H,3-8H2,1-2H3,(H,14,15). The topological polar surface area (TPSA) is 70.1 Å². The van der Waals surface area contributed by atoms with Crippen molar-refractivity contribution in [1.29, 1.82) is 0 Å². The van der Waals surface area contributed by atoms with Crippen LogP contribution in [0.25, 0.3) is 0 Å². The molecule has 17 heavy (non-hydrogen) atoms. The molecule has 1 aliphatic heterocycles. The summed E-state index contributed by atoms with van der Waals surface area (Å²) in [5.74, 6) is -0.830. The van der Waals surface area contributed by atoms with Gasteiger partial charge >= 0.3 is 12.0 Å². The molecule has 6 nitrogen and oxygen atoms in total. The lowest BCUT2D eigenvalue weighted by Crippen LogP contribution is -2.45. The van der Waals surface area contributed by atoms with E-state index in [0.29, 0.717) is 26.2 Å². The maximum atomic E-state index is 12.0. The molecule has 0 saturated carbocycles. The lowest BCUT2D eigenvalue weighted by atomic mass is 10.2. The molecule has 1 unspecified atom stereocenters. The Kier molecular flexibility index (Phi) is 5.21. The molecule has 1 rings (SSSR count). The summed E-state index contributed by atoms with van der Waals surface area (Å²) < 4.78 is 5.23. The van der Waals surface area contributed by atoms with Gasteiger partial charge in [0.05, 0.1) is 12.6 Å². The maximum Gasteiger partial charge on any atom is 0.319 e. The predicted octanol–water partition coefficient (Wildman–Crippen LogP) is 0.624. The summed E-state index contributed by atoms with van der Waals surface area (Å²) in [6, 6.07) is 0.0651. The second-order valence-corrected chi connectivity index (χ2v) is 4.33. The highest BCUT2D eigenvalue weighted by Crippen LogP contribution is 2.12. The van der Waals surface area contributed by atoms with Crippen LogP contribution < -0.4 is 0 Å². The molecule has 98 valence electrons. The number of carboxylic acids is 1. The molecule has 0 aromatic carbocycles. The van der Waals surface area contributed by atoms with Gasteiger partial charge in [0.25, 0.3) is 0 Å². The number of urea groups is 1. The van der Waals surface area contributed by atoms with Crippen molar-refractivity contribution in [3.63, 3.8) is 0 Å². The number of hydrogen-bond acceptors (Lipinski definition) is 3. The van der Waals surface area contributed by atoms with Crippen molar-refractivity contribution in [2.24, 2.45) is 0 Å². The summed E-state index contributed by atoms with van der Waals surface area (Å²) >= 11 is 0. The molecule has 1 aliphatic rings. The van der Waals surface area contributed by atoms with E-state index in [1.807, 2.05) is 0 Å². The maximum absolute atomic E-state index is 12.0. The van der Waals surface area contributed by atoms with Gasteiger partial charge in [-0.25, -0.2) is 4.79 Å². The Bertz CT molecular complexity index is 277. The van der Waals surface area contributed by atoms with E-state index in [9.17, 15) is 9.59 Å². The fourth-order valence-electron chi connectivity index (χ4n) is 1.82. The van der Waals surface area contributed by atoms with Crippen molar-refractivity contribution < 1.29 is 19.4 Å². The Morgan fingerprint density at radius 2 is 2.12 bits per heavy atom. The number of carbonyl (C=O) groups excluding carboxylic acids is 1. The van der Waals surface area contributed by atoms with Gasteiger partial charge in [-0.2, -0.15) is 0 Å². The van der Waals surface area contributed by atoms with E-state index >= 15 is 0 Å². The highest BCUT2D eigenvalue weighted by atomic mass is 16.5. The molecule has 1 fully saturated rings. The number of carboxylic acid groups (broad SMARTS) is 1. The third-order valence-electron chi connectivity index (χ3n) is 2.97. The van der Waals surface area contributed by atoms with Gasteiger partial charge in [-0.1, -0.05) is 0 Å². The quantitative estimate of drug-likeness (QED) is 0.769. The van der Waals surface area contributed by atoms with E-state index in [0.717, 1.165) is 6.42 Å². The molecule has 6 heteroatoms. The third-order valence-corrected chi connectivity index (χ3v) is 2.97. The molecule has 0 radical (unpaired) electrons. The van der Waals surface area contributed by atoms with Crippen molar-refractivity contribution in [3.8, 4) is 0 Å². The first-order valence-corrected chi connectivity index (χ1v) is 5.80. The Morgan fingerprint density at radius 1 is 1.41 bits per heavy atom. The number of likely N-dealkylation sites (N-methyl/N-ethyl adjacent to an activating group) is 1. The predicted molar refractivity (Wildman–Crippen MR) is 61.9 cm³/mol. The van der Waals surface area contributed by atoms with Crippen molar-refractivity contribution in [2.45, 2.75) is 25.3 Å². The zero-order valence-electron chi connectivity index (χ0n) is 10.4. The average Bonchev–Trinajstić information content (AvgIpc) is 2.79. The van der Waals surface area contributed by atoms with Gasteiger partial charge in [0.2, 0.25) is 0 Å². The van der Waals surface area contributed by atoms with Crippen molar-refractivity contribution in [1.82, 2.24) is 9.80 Å². The summed E-state index contributed by atoms with van der Waals surface area (Å²) in [5.41, 5.74) is 0. The van der Waals surface area contributed by atoms with Crippen LogP contribution in [-0.4, -0.2) is 66.8 Å². The van der Waals surface area contributed by atoms with Crippen molar-refractivity contribution in [2.75, 3.05) is 33.9 Å². The second-order valence-electron chi connectivity index (χ2n) is 4.33. The Morgan fingerprint density at radius 3 is 2.65 bits per heavy atom. The Labute approximate surface area is 101 Å². The number of nitrogens with zero attached hydrogens (tertiary/aromatic N) is 2. The van der Waals surface area contributed by atoms with Crippen LogP contribution in [0.15, 0.2) is 0 Å². The normalized spacial score (nSPS) is 19.1. The molecule has 1 atom stereocenters. The van der Waals surface area contributed by atoms with Crippen molar-refractivity contribution >= 4 is 12.0 Å². The number of hydrogen-bond donors (Lipinski definition) is 1. The van der Waals surface area contributed by atoms with E-state index in [4.69, 9.17) is 9.84 Å². The molecule has 1 heterocycles. The van der Waals surface area contributed by atoms with Gasteiger partial charge in [0, 0.05) is 33.7 Å². The first-order chi connectivity index (χ1) is 8.02. The Hall–Kier alpha value is -1.30. The fourth-order valence-corrected chi connectivity index (χ4v) is 1.82. The minimum Gasteiger partial charge on any atom is -0.481 e. The van der Waals surface area contributed by atoms with Crippen LogP contribution in [0.3, 0.4) is 0 Å². The highest BCUT2D eigenvalue weighted by molar-refractivity contribution is 5.74. The lowest BCUT2D eigenvalue weighted by Gasteiger charge is -2.28. The van der Waals surface area contributed by atoms with Gasteiger partial charge in [-0.3, -0.25) is 4.79 Å². The average molecular weight is 244 g/mol. The van der Waals surface area contributed by atoms with Crippen LogP contribution in [0.2, 0.25) is 0 Å². The van der Waals surface area contributed by atoms with Gasteiger partial charge < -0.3 is 19.6 Å². The molecule has 1 saturated heterocycles. The summed E-state index contributed by atoms with van der Waals surface area (Å²) in [6.45, 7) is 1.75. The Balaban J connectivity index is 2.31. The second kappa shape index (κ2) is 6.44. The molecule has 0 spiro atoms. The van der Waals surface area contributed by atoms with Gasteiger partial charge in [0.1, 0.15) is 0 Å². The molecule has 0 bridgehead atoms. The van der Waals surface area contributed by atoms with Crippen LogP contribution >= 0.6 is 0 Å². The van der Waals surface area contributed by atoms with Gasteiger partial charge in [-0.05, 0) is 12.8 Å². The van der Waals surface area contributed by atoms with E-state index in [1.165, 1.54) is 0 Å². The van der Waals surface area contributed by atoms with Gasteiger partial charge in [-0.15, -0.1) is 0 Å². The first-order valence-electron chi connectivity index (χ1n) is 5.80. The fraction of sp³-hybridized carbons (Fsp3) is 0.818. The van der Waals surface area contributed by atoms with Crippen LogP contribution in [-0.2, 0) is 9.53 Å². The van der Waals surface area contributed by atoms with Gasteiger partial charge in [0.15, 0.2) is 0 Å². The van der Waals surface area contributed by atoms with E-state index in [2.05, 4.69) is 0 Å². The first kappa shape index (κ1) is 13.8. The molecule has 0 aliphatic carbocycles. The van der Waals surface area contributed by atoms with Crippen LogP contribution in [0, 0.1) is 0 Å². The zero-order valence-corrected chi connectivity index (χ0v) is 10.4. The number of aliphatic carboxylic acids is 1. The molecular weight excluding hydrogens is 224 g/mol. The lowest BCUT2D eigenvalue weighted by molar-refractivity contribution is -0.137. The molecule has 0 aromatic heterocycles. The summed E-state index contributed by atoms with van der Waals surface area (Å²) in [4.78, 5) is 25.5. The van der Waals surface area contributed by atoms with Crippen LogP contribution in [0.1, 0.15) is 19.3 Å². The third kappa shape index (κ3) is 4.22. The molecule has 2 amide bonds. The SMILES string of the molecule is CN(CCCC(=O)O)C(=O)N(C)C1CCOC1. The molecule has 0 aromatic rings. The molecular formula is C11H20N2O4. The number of carbonyl (C=O) groups is 2. The monoisotopic (exact) mass is 244 g/mol. The highest BCUT2D eigenvalue weighted by Gasteiger charge is 2.25. The minimum atomic E-state index is -0.830. The number of ether oxygens (including phenoxy) is 1. The van der Waals surface area contributed by atoms with E-state index in [1.54, 1.807) is 23.9 Å². The number of rotatable bonds is 5. The smallest absolute Gasteiger partial charge is 0.319 e.